The van der Waals surface area contributed by atoms with E-state index in [9.17, 15) is 0 Å². The summed E-state index contributed by atoms with van der Waals surface area (Å²) in [4.78, 5) is 0. The molecule has 0 bridgehead atoms. The van der Waals surface area contributed by atoms with Gasteiger partial charge in [0.25, 0.3) is 0 Å². The molecule has 0 fully saturated rings. The molecule has 0 radical (unpaired) electrons. The van der Waals surface area contributed by atoms with Crippen LogP contribution in [0.2, 0.25) is 5.02 Å². The number of hydrogen-bond acceptors (Lipinski definition) is 3. The fourth-order valence-corrected chi connectivity index (χ4v) is 1.65. The second kappa shape index (κ2) is 4.90. The van der Waals surface area contributed by atoms with Crippen molar-refractivity contribution in [2.75, 3.05) is 14.2 Å². The van der Waals surface area contributed by atoms with Crippen LogP contribution in [-0.2, 0) is 6.42 Å². The van der Waals surface area contributed by atoms with Crippen LogP contribution in [0.25, 0.3) is 0 Å². The standard InChI is InChI=1S/C11H12ClNO2/c1-7-9(12)6-8(4-5-13)11(15-3)10(7)14-2/h6H,4H2,1-3H3. The van der Waals surface area contributed by atoms with E-state index in [2.05, 4.69) is 6.07 Å². The van der Waals surface area contributed by atoms with Crippen molar-refractivity contribution in [3.63, 3.8) is 0 Å². The summed E-state index contributed by atoms with van der Waals surface area (Å²) in [5, 5.41) is 9.26. The molecule has 0 spiro atoms. The summed E-state index contributed by atoms with van der Waals surface area (Å²) >= 11 is 6.02. The number of benzene rings is 1. The van der Waals surface area contributed by atoms with Crippen molar-refractivity contribution in [2.24, 2.45) is 0 Å². The molecule has 0 amide bonds. The SMILES string of the molecule is COc1c(CC#N)cc(Cl)c(C)c1OC. The first-order chi connectivity index (χ1) is 7.15. The number of ether oxygens (including phenoxy) is 2. The van der Waals surface area contributed by atoms with Crippen molar-refractivity contribution in [2.45, 2.75) is 13.3 Å². The van der Waals surface area contributed by atoms with E-state index in [0.717, 1.165) is 11.1 Å². The normalized spacial score (nSPS) is 9.53. The summed E-state index contributed by atoms with van der Waals surface area (Å²) in [6.07, 6.45) is 0.250. The number of nitrogens with zero attached hydrogens (tertiary/aromatic N) is 1. The fourth-order valence-electron chi connectivity index (χ4n) is 1.44. The zero-order chi connectivity index (χ0) is 11.4. The minimum Gasteiger partial charge on any atom is -0.493 e. The molecule has 0 unspecified atom stereocenters. The Labute approximate surface area is 94.2 Å². The molecular weight excluding hydrogens is 214 g/mol. The van der Waals surface area contributed by atoms with E-state index in [-0.39, 0.29) is 6.42 Å². The Hall–Kier alpha value is -1.40. The maximum atomic E-state index is 8.67. The molecule has 80 valence electrons. The molecule has 0 saturated carbocycles. The van der Waals surface area contributed by atoms with E-state index in [4.69, 9.17) is 26.3 Å². The molecule has 1 aromatic rings. The maximum absolute atomic E-state index is 8.67. The van der Waals surface area contributed by atoms with Gasteiger partial charge in [-0.15, -0.1) is 0 Å². The minimum absolute atomic E-state index is 0.250. The van der Waals surface area contributed by atoms with E-state index in [0.29, 0.717) is 16.5 Å². The molecule has 0 atom stereocenters. The number of rotatable bonds is 3. The summed E-state index contributed by atoms with van der Waals surface area (Å²) in [5.41, 5.74) is 1.56. The van der Waals surface area contributed by atoms with Crippen LogP contribution in [0.4, 0.5) is 0 Å². The molecule has 0 N–H and O–H groups in total. The number of nitriles is 1. The van der Waals surface area contributed by atoms with Crippen LogP contribution < -0.4 is 9.47 Å². The molecule has 4 heteroatoms. The quantitative estimate of drug-likeness (QED) is 0.794. The van der Waals surface area contributed by atoms with Crippen LogP contribution in [0.15, 0.2) is 6.07 Å². The summed E-state index contributed by atoms with van der Waals surface area (Å²) in [7, 11) is 3.10. The van der Waals surface area contributed by atoms with Gasteiger partial charge in [-0.1, -0.05) is 11.6 Å². The summed E-state index contributed by atoms with van der Waals surface area (Å²) in [6, 6.07) is 3.80. The predicted molar refractivity (Wildman–Crippen MR) is 58.6 cm³/mol. The third-order valence-corrected chi connectivity index (χ3v) is 2.57. The van der Waals surface area contributed by atoms with Crippen molar-refractivity contribution in [3.05, 3.63) is 22.2 Å². The maximum Gasteiger partial charge on any atom is 0.165 e. The lowest BCUT2D eigenvalue weighted by molar-refractivity contribution is 0.350. The van der Waals surface area contributed by atoms with Gasteiger partial charge >= 0.3 is 0 Å². The van der Waals surface area contributed by atoms with Crippen LogP contribution in [-0.4, -0.2) is 14.2 Å². The Kier molecular flexibility index (Phi) is 3.81. The van der Waals surface area contributed by atoms with E-state index < -0.39 is 0 Å². The Bertz CT molecular complexity index is 410. The molecule has 1 aromatic carbocycles. The second-order valence-corrected chi connectivity index (χ2v) is 3.45. The van der Waals surface area contributed by atoms with Gasteiger partial charge in [0.15, 0.2) is 11.5 Å². The summed E-state index contributed by atoms with van der Waals surface area (Å²) < 4.78 is 10.4. The van der Waals surface area contributed by atoms with Crippen LogP contribution in [0.1, 0.15) is 11.1 Å². The Balaban J connectivity index is 3.41. The molecule has 0 saturated heterocycles. The van der Waals surface area contributed by atoms with Gasteiger partial charge in [-0.25, -0.2) is 0 Å². The van der Waals surface area contributed by atoms with Crippen LogP contribution in [0.5, 0.6) is 11.5 Å². The van der Waals surface area contributed by atoms with Crippen molar-refractivity contribution in [3.8, 4) is 17.6 Å². The first kappa shape index (κ1) is 11.7. The van der Waals surface area contributed by atoms with Gasteiger partial charge < -0.3 is 9.47 Å². The van der Waals surface area contributed by atoms with Gasteiger partial charge in [0.05, 0.1) is 26.7 Å². The monoisotopic (exact) mass is 225 g/mol. The Morgan fingerprint density at radius 1 is 1.33 bits per heavy atom. The second-order valence-electron chi connectivity index (χ2n) is 3.04. The minimum atomic E-state index is 0.250. The lowest BCUT2D eigenvalue weighted by Gasteiger charge is -2.14. The van der Waals surface area contributed by atoms with E-state index in [1.165, 1.54) is 0 Å². The molecule has 1 rings (SSSR count). The topological polar surface area (TPSA) is 42.2 Å². The molecule has 0 aromatic heterocycles. The van der Waals surface area contributed by atoms with Crippen LogP contribution in [0, 0.1) is 18.3 Å². The molecular formula is C11H12ClNO2. The molecule has 0 aliphatic heterocycles. The number of methoxy groups -OCH3 is 2. The van der Waals surface area contributed by atoms with Crippen LogP contribution in [0.3, 0.4) is 0 Å². The lowest BCUT2D eigenvalue weighted by Crippen LogP contribution is -1.98. The highest BCUT2D eigenvalue weighted by atomic mass is 35.5. The lowest BCUT2D eigenvalue weighted by atomic mass is 10.1. The molecule has 0 heterocycles. The molecule has 15 heavy (non-hydrogen) atoms. The predicted octanol–water partition coefficient (Wildman–Crippen LogP) is 2.73. The summed E-state index contributed by atoms with van der Waals surface area (Å²) in [6.45, 7) is 1.85. The number of halogens is 1. The average molecular weight is 226 g/mol. The van der Waals surface area contributed by atoms with Crippen molar-refractivity contribution in [1.82, 2.24) is 0 Å². The highest BCUT2D eigenvalue weighted by Gasteiger charge is 2.15. The first-order valence-electron chi connectivity index (χ1n) is 4.42. The van der Waals surface area contributed by atoms with Gasteiger partial charge in [0, 0.05) is 16.1 Å². The highest BCUT2D eigenvalue weighted by molar-refractivity contribution is 6.31. The smallest absolute Gasteiger partial charge is 0.165 e. The van der Waals surface area contributed by atoms with Gasteiger partial charge in [-0.2, -0.15) is 5.26 Å². The first-order valence-corrected chi connectivity index (χ1v) is 4.80. The van der Waals surface area contributed by atoms with E-state index in [1.54, 1.807) is 20.3 Å². The zero-order valence-electron chi connectivity index (χ0n) is 8.93. The van der Waals surface area contributed by atoms with E-state index >= 15 is 0 Å². The third kappa shape index (κ3) is 2.16. The van der Waals surface area contributed by atoms with Gasteiger partial charge in [0.1, 0.15) is 0 Å². The van der Waals surface area contributed by atoms with Crippen molar-refractivity contribution in [1.29, 1.82) is 5.26 Å². The molecule has 0 aliphatic rings. The average Bonchev–Trinajstić information content (AvgIpc) is 2.23. The Morgan fingerprint density at radius 2 is 1.93 bits per heavy atom. The van der Waals surface area contributed by atoms with Gasteiger partial charge in [0.2, 0.25) is 0 Å². The van der Waals surface area contributed by atoms with Crippen molar-refractivity contribution < 1.29 is 9.47 Å². The highest BCUT2D eigenvalue weighted by Crippen LogP contribution is 2.38. The van der Waals surface area contributed by atoms with Crippen LogP contribution >= 0.6 is 11.6 Å². The Morgan fingerprint density at radius 3 is 2.40 bits per heavy atom. The van der Waals surface area contributed by atoms with Crippen molar-refractivity contribution >= 4 is 11.6 Å². The third-order valence-electron chi connectivity index (χ3n) is 2.18. The van der Waals surface area contributed by atoms with Gasteiger partial charge in [-0.05, 0) is 13.0 Å². The molecule has 3 nitrogen and oxygen atoms in total. The van der Waals surface area contributed by atoms with Gasteiger partial charge in [-0.3, -0.25) is 0 Å². The fraction of sp³-hybridized carbons (Fsp3) is 0.364. The zero-order valence-corrected chi connectivity index (χ0v) is 9.68. The number of hydrogen-bond donors (Lipinski definition) is 0. The largest absolute Gasteiger partial charge is 0.493 e. The summed E-state index contributed by atoms with van der Waals surface area (Å²) in [5.74, 6) is 1.18. The van der Waals surface area contributed by atoms with E-state index in [1.807, 2.05) is 6.92 Å². The molecule has 0 aliphatic carbocycles.